The van der Waals surface area contributed by atoms with E-state index in [4.69, 9.17) is 90.8 Å². The van der Waals surface area contributed by atoms with Crippen molar-refractivity contribution in [2.45, 2.75) is 321 Å². The fourth-order valence-corrected chi connectivity index (χ4v) is 36.7. The van der Waals surface area contributed by atoms with E-state index < -0.39 is 199 Å². The standard InChI is InChI=1S/C117H151N9O18Si3/c1-21-22-50-69-127-112-98(121-124-118)77(3)102(95(137-112)73-131-145(115(12,13)14,89-57-38-26-39-58-89)90-59-40-27-41-60-90)141-110-81(7)105(129-71-87-53-34-24-35-54-87)107(84(10)135-110)144-114-100(123-126-120)79(5)104(97(139-114)75-133-147(117(18,19)20,93-65-46-30-47-66-93)94-67-48-31-49-68-94)142-111-82(8)106(130-72-88-55-36-25-37-56-88)108(85(11)136-111)143-113-99(122-125-119)78(4)103(140-109-80(6)101(76(2)83(9)134-109)128-70-86-51-32-23-33-52-86)96(138-113)74-132-146(116(15,16)17,91-61-42-28-43-62-91)92-63-44-29-45-64-92/h1,23-49,51-68,76-85,95-114H,22,50,69-75H2,2-20H3/t76-,77+,78+,79+,80?,81?,82?,83?,84?,85?,95?,96?,97?,98?,99?,100?,101+,102+,103+,104+,105-,106-,107-,108-,109-,110-,111-,112+,113-,114-/m0/s1. The highest BCUT2D eigenvalue weighted by molar-refractivity contribution is 7.00. The molecule has 147 heavy (non-hydrogen) atoms. The van der Waals surface area contributed by atoms with Crippen molar-refractivity contribution < 1.29 is 84.3 Å². The number of rotatable bonds is 41. The van der Waals surface area contributed by atoms with Gasteiger partial charge in [-0.25, -0.2) is 0 Å². The Morgan fingerprint density at radius 1 is 0.286 bits per heavy atom. The van der Waals surface area contributed by atoms with E-state index in [2.05, 4.69) is 277 Å². The Kier molecular flexibility index (Phi) is 38.4. The van der Waals surface area contributed by atoms with Crippen molar-refractivity contribution in [2.24, 2.45) is 56.8 Å². The molecule has 30 heteroatoms. The summed E-state index contributed by atoms with van der Waals surface area (Å²) < 4.78 is 134. The fourth-order valence-electron chi connectivity index (χ4n) is 23.0. The third-order valence-electron chi connectivity index (χ3n) is 31.0. The maximum Gasteiger partial charge on any atom is 0.261 e. The van der Waals surface area contributed by atoms with Gasteiger partial charge in [0.1, 0.15) is 30.5 Å². The second-order valence-electron chi connectivity index (χ2n) is 43.7. The highest BCUT2D eigenvalue weighted by atomic mass is 28.4. The maximum absolute atomic E-state index is 11.2. The Morgan fingerprint density at radius 3 is 0.803 bits per heavy atom. The molecular formula is C117H151N9O18Si3. The minimum absolute atomic E-state index is 0.00254. The molecular weight excluding hydrogens is 1900 g/mol. The molecule has 12 unspecified atom stereocenters. The predicted octanol–water partition coefficient (Wildman–Crippen LogP) is 20.7. The van der Waals surface area contributed by atoms with Gasteiger partial charge in [0.25, 0.3) is 25.0 Å². The number of terminal acetylenes is 1. The van der Waals surface area contributed by atoms with E-state index in [0.29, 0.717) is 19.4 Å². The van der Waals surface area contributed by atoms with E-state index in [-0.39, 0.29) is 63.7 Å². The summed E-state index contributed by atoms with van der Waals surface area (Å²) in [5.74, 6) is -0.799. The topological polar surface area (TPSA) is 312 Å². The molecule has 784 valence electrons. The van der Waals surface area contributed by atoms with E-state index in [1.54, 1.807) is 0 Å². The highest BCUT2D eigenvalue weighted by Crippen LogP contribution is 2.49. The molecule has 30 atom stereocenters. The van der Waals surface area contributed by atoms with Crippen LogP contribution in [0.1, 0.15) is 161 Å². The van der Waals surface area contributed by atoms with Crippen molar-refractivity contribution in [1.29, 1.82) is 0 Å². The summed E-state index contributed by atoms with van der Waals surface area (Å²) in [7, 11) is -10.0. The molecule has 0 bridgehead atoms. The van der Waals surface area contributed by atoms with E-state index in [0.717, 1.165) is 47.8 Å². The summed E-state index contributed by atoms with van der Waals surface area (Å²) in [4.78, 5) is 10.6. The van der Waals surface area contributed by atoms with Crippen LogP contribution in [0.2, 0.25) is 15.1 Å². The molecule has 6 aliphatic rings. The van der Waals surface area contributed by atoms with Crippen LogP contribution in [0.25, 0.3) is 31.3 Å². The lowest BCUT2D eigenvalue weighted by Gasteiger charge is -2.52. The SMILES string of the molecule is C#CCCCO[C@@H]1OC(CO[Si](c2ccccc2)(c2ccccc2)C(C)(C)C)[C@H](O[C@@H]2OC(C)[C@H](O[C@@H]3OC(CO[Si](c4ccccc4)(c4ccccc4)C(C)(C)C)[C@H](O[C@@H]4OC(C)[C@H](O[C@@H]5OC(CO[Si](c6ccccc6)(c6ccccc6)C(C)(C)C)[C@H](O[C@@H]6OC(C)[C@H](C)[C@@H](OCc7ccccc7)C6C)[C@H](C)C5N=[N+]=[N-])[C@@H](OCc5ccccc5)C4C)[C@H](C)C3N=[N+]=[N-])[C@@H](OCc3ccccc3)C2C)[C@H](C)C1N=[N+]=[N-]. The number of benzene rings is 9. The van der Waals surface area contributed by atoms with Gasteiger partial charge in [0.2, 0.25) is 0 Å². The van der Waals surface area contributed by atoms with Gasteiger partial charge in [-0.2, -0.15) is 0 Å². The quantitative estimate of drug-likeness (QED) is 0.00858. The van der Waals surface area contributed by atoms with Crippen LogP contribution >= 0.6 is 0 Å². The molecule has 9 aromatic rings. The van der Waals surface area contributed by atoms with Gasteiger partial charge in [-0.1, -0.05) is 399 Å². The lowest BCUT2D eigenvalue weighted by Crippen LogP contribution is -2.68. The third-order valence-corrected chi connectivity index (χ3v) is 46.0. The van der Waals surface area contributed by atoms with Gasteiger partial charge in [-0.05, 0) is 124 Å². The fraction of sp³-hybridized carbons (Fsp3) is 0.521. The van der Waals surface area contributed by atoms with Crippen molar-refractivity contribution in [3.8, 4) is 12.3 Å². The average molecular weight is 2060 g/mol. The molecule has 6 heterocycles. The molecule has 0 spiro atoms. The zero-order valence-electron chi connectivity index (χ0n) is 88.6. The molecule has 0 saturated carbocycles. The third kappa shape index (κ3) is 25.1. The van der Waals surface area contributed by atoms with Crippen LogP contribution in [-0.2, 0) is 104 Å². The summed E-state index contributed by atoms with van der Waals surface area (Å²) in [6, 6.07) is 89.7. The van der Waals surface area contributed by atoms with E-state index in [1.807, 2.05) is 164 Å². The molecule has 0 amide bonds. The molecule has 0 aromatic heterocycles. The number of hydrogen-bond acceptors (Lipinski definition) is 21. The lowest BCUT2D eigenvalue weighted by molar-refractivity contribution is -0.369. The van der Waals surface area contributed by atoms with Gasteiger partial charge in [0, 0.05) is 44.8 Å². The minimum atomic E-state index is -3.45. The van der Waals surface area contributed by atoms with E-state index >= 15 is 0 Å². The van der Waals surface area contributed by atoms with Crippen LogP contribution in [0, 0.1) is 53.8 Å². The number of unbranched alkanes of at least 4 members (excludes halogenated alkanes) is 1. The van der Waals surface area contributed by atoms with E-state index in [9.17, 15) is 16.6 Å². The molecule has 6 aliphatic heterocycles. The van der Waals surface area contributed by atoms with Gasteiger partial charge in [-0.15, -0.1) is 12.3 Å². The van der Waals surface area contributed by atoms with Crippen LogP contribution in [0.5, 0.6) is 0 Å². The summed E-state index contributed by atoms with van der Waals surface area (Å²) in [6.45, 7) is 41.2. The largest absolute Gasteiger partial charge is 0.405 e. The van der Waals surface area contributed by atoms with Crippen LogP contribution in [-0.4, -0.2) is 193 Å². The Morgan fingerprint density at radius 2 is 0.531 bits per heavy atom. The molecule has 6 saturated heterocycles. The second-order valence-corrected chi connectivity index (χ2v) is 56.7. The lowest BCUT2D eigenvalue weighted by atomic mass is 9.85. The van der Waals surface area contributed by atoms with Crippen molar-refractivity contribution >= 4 is 56.1 Å². The molecule has 0 radical (unpaired) electrons. The van der Waals surface area contributed by atoms with Gasteiger partial charge in [-0.3, -0.25) is 0 Å². The molecule has 27 nitrogen and oxygen atoms in total. The molecule has 0 aliphatic carbocycles. The minimum Gasteiger partial charge on any atom is -0.405 e. The zero-order chi connectivity index (χ0) is 104. The second kappa shape index (κ2) is 50.6. The number of ether oxygens (including phenoxy) is 15. The van der Waals surface area contributed by atoms with Gasteiger partial charge < -0.3 is 84.3 Å². The zero-order valence-corrected chi connectivity index (χ0v) is 91.6. The maximum atomic E-state index is 11.2. The predicted molar refractivity (Wildman–Crippen MR) is 576 cm³/mol. The monoisotopic (exact) mass is 2050 g/mol. The first-order chi connectivity index (χ1) is 70.8. The Bertz CT molecular complexity index is 5650. The molecule has 6 fully saturated rings. The number of nitrogens with zero attached hydrogens (tertiary/aromatic N) is 9. The van der Waals surface area contributed by atoms with Crippen molar-refractivity contribution in [3.05, 3.63) is 321 Å². The Balaban J connectivity index is 0.776. The Hall–Kier alpha value is -9.60. The highest BCUT2D eigenvalue weighted by Gasteiger charge is 2.61. The summed E-state index contributed by atoms with van der Waals surface area (Å²) in [5.41, 5.74) is 35.4. The summed E-state index contributed by atoms with van der Waals surface area (Å²) >= 11 is 0. The molecule has 0 N–H and O–H groups in total. The normalized spacial score (nSPS) is 31.0. The number of hydrogen-bond donors (Lipinski definition) is 0. The van der Waals surface area contributed by atoms with Crippen LogP contribution in [0.4, 0.5) is 0 Å². The summed E-state index contributed by atoms with van der Waals surface area (Å²) in [5, 5.41) is 18.7. The van der Waals surface area contributed by atoms with Crippen LogP contribution in [0.3, 0.4) is 0 Å². The van der Waals surface area contributed by atoms with Crippen LogP contribution < -0.4 is 31.1 Å². The van der Waals surface area contributed by atoms with Gasteiger partial charge in [0.15, 0.2) is 37.7 Å². The summed E-state index contributed by atoms with van der Waals surface area (Å²) in [6.07, 6.45) is -10.9. The van der Waals surface area contributed by atoms with Gasteiger partial charge >= 0.3 is 0 Å². The smallest absolute Gasteiger partial charge is 0.261 e. The first-order valence-electron chi connectivity index (χ1n) is 52.4. The average Bonchev–Trinajstić information content (AvgIpc) is 0.746. The first-order valence-corrected chi connectivity index (χ1v) is 58.1. The number of azide groups is 3. The Labute approximate surface area is 872 Å². The van der Waals surface area contributed by atoms with Crippen LogP contribution in [0.15, 0.2) is 288 Å². The molecule has 9 aromatic carbocycles. The van der Waals surface area contributed by atoms with Crippen molar-refractivity contribution in [3.63, 3.8) is 0 Å². The van der Waals surface area contributed by atoms with E-state index in [1.165, 1.54) is 0 Å². The first kappa shape index (κ1) is 112. The van der Waals surface area contributed by atoms with Crippen molar-refractivity contribution in [1.82, 2.24) is 0 Å². The molecule has 15 rings (SSSR count). The van der Waals surface area contributed by atoms with Gasteiger partial charge in [0.05, 0.1) is 119 Å². The van der Waals surface area contributed by atoms with Crippen molar-refractivity contribution in [2.75, 3.05) is 26.4 Å².